The number of anilines is 3. The van der Waals surface area contributed by atoms with Gasteiger partial charge >= 0.3 is 0 Å². The predicted molar refractivity (Wildman–Crippen MR) is 228 cm³/mol. The van der Waals surface area contributed by atoms with E-state index < -0.39 is 53.4 Å². The van der Waals surface area contributed by atoms with Crippen LogP contribution in [0.25, 0.3) is 0 Å². The van der Waals surface area contributed by atoms with Gasteiger partial charge in [-0.2, -0.15) is 20.4 Å². The monoisotopic (exact) mass is 825 g/mol. The van der Waals surface area contributed by atoms with E-state index in [4.69, 9.17) is 44.6 Å². The molecule has 1 saturated heterocycles. The topological polar surface area (TPSA) is 358 Å². The van der Waals surface area contributed by atoms with E-state index in [1.54, 1.807) is 69.0 Å². The van der Waals surface area contributed by atoms with Gasteiger partial charge in [-0.1, -0.05) is 0 Å². The van der Waals surface area contributed by atoms with E-state index in [1.807, 2.05) is 0 Å². The average Bonchev–Trinajstić information content (AvgIpc) is 3.47. The number of carbonyl (C=O) groups is 2. The number of nitrogens with zero attached hydrogens (tertiary/aromatic N) is 5. The summed E-state index contributed by atoms with van der Waals surface area (Å²) in [4.78, 5) is 29.9. The molecular weight excluding hydrogens is 781 g/mol. The number of piperidine rings is 1. The number of nitrogens with one attached hydrogen (secondary N) is 10. The molecule has 0 radical (unpaired) electrons. The van der Waals surface area contributed by atoms with E-state index in [0.29, 0.717) is 50.8 Å². The van der Waals surface area contributed by atoms with Gasteiger partial charge in [-0.05, 0) is 82.3 Å². The Balaban J connectivity index is 1.53. The molecule has 3 aromatic rings. The first-order valence-corrected chi connectivity index (χ1v) is 18.0. The molecule has 0 bridgehead atoms. The fraction of sp³-hybridized carbons (Fsp3) is 0.243. The lowest BCUT2D eigenvalue weighted by Gasteiger charge is -2.23. The Morgan fingerprint density at radius 2 is 0.833 bits per heavy atom. The van der Waals surface area contributed by atoms with Crippen molar-refractivity contribution < 1.29 is 18.4 Å². The minimum atomic E-state index is -2.78. The van der Waals surface area contributed by atoms with Crippen molar-refractivity contribution in [1.82, 2.24) is 21.7 Å². The van der Waals surface area contributed by atoms with Crippen molar-refractivity contribution in [3.8, 4) is 0 Å². The van der Waals surface area contributed by atoms with Gasteiger partial charge in [0.1, 0.15) is 0 Å². The Bertz CT molecular complexity index is 2150. The second-order valence-electron chi connectivity index (χ2n) is 14.0. The van der Waals surface area contributed by atoms with Gasteiger partial charge in [0, 0.05) is 63.5 Å². The number of rotatable bonds is 13. The fourth-order valence-corrected chi connectivity index (χ4v) is 6.25. The Morgan fingerprint density at radius 3 is 1.12 bits per heavy atom. The van der Waals surface area contributed by atoms with Crippen LogP contribution in [0, 0.1) is 33.5 Å². The highest BCUT2D eigenvalue weighted by molar-refractivity contribution is 6.12. The van der Waals surface area contributed by atoms with Gasteiger partial charge in [0.15, 0.2) is 0 Å². The number of alkyl halides is 2. The van der Waals surface area contributed by atoms with Gasteiger partial charge in [-0.15, -0.1) is 0 Å². The van der Waals surface area contributed by atoms with Gasteiger partial charge in [0.05, 0.1) is 34.7 Å². The molecule has 2 aliphatic rings. The van der Waals surface area contributed by atoms with Crippen LogP contribution in [0.3, 0.4) is 0 Å². The number of hydrogen-bond acceptors (Lipinski definition) is 11. The zero-order valence-corrected chi connectivity index (χ0v) is 32.9. The molecule has 2 fully saturated rings. The van der Waals surface area contributed by atoms with Gasteiger partial charge in [0.2, 0.25) is 23.8 Å². The van der Waals surface area contributed by atoms with Crippen LogP contribution in [0.4, 0.5) is 25.8 Å². The van der Waals surface area contributed by atoms with E-state index in [0.717, 1.165) is 0 Å². The number of fused-ring (bicyclic) bond motifs is 1. The lowest BCUT2D eigenvalue weighted by Crippen LogP contribution is -2.28. The number of nitrogens with two attached hydrogens (primary N) is 4. The van der Waals surface area contributed by atoms with Gasteiger partial charge < -0.3 is 38.5 Å². The molecule has 60 heavy (non-hydrogen) atoms. The molecule has 18 N–H and O–H groups in total. The third kappa shape index (κ3) is 10.7. The molecule has 3 aromatic carbocycles. The zero-order chi connectivity index (χ0) is 44.1. The molecule has 2 atom stereocenters. The summed E-state index contributed by atoms with van der Waals surface area (Å²) in [6, 6.07) is 14.3. The van der Waals surface area contributed by atoms with Gasteiger partial charge in [0.25, 0.3) is 17.7 Å². The zero-order valence-electron chi connectivity index (χ0n) is 32.9. The summed E-state index contributed by atoms with van der Waals surface area (Å²) in [5.74, 6) is -7.34. The molecule has 1 aliphatic carbocycles. The molecule has 0 aromatic heterocycles. The van der Waals surface area contributed by atoms with Crippen LogP contribution >= 0.6 is 0 Å². The summed E-state index contributed by atoms with van der Waals surface area (Å²) in [6.07, 6.45) is 0. The summed E-state index contributed by atoms with van der Waals surface area (Å²) in [6.45, 7) is 6.64. The van der Waals surface area contributed by atoms with Crippen molar-refractivity contribution >= 4 is 75.6 Å². The number of benzene rings is 3. The molecular formula is C37H45F2N19O2. The first-order chi connectivity index (χ1) is 28.2. The van der Waals surface area contributed by atoms with Crippen LogP contribution in [-0.2, 0) is 0 Å². The van der Waals surface area contributed by atoms with Crippen molar-refractivity contribution in [2.75, 3.05) is 28.6 Å². The van der Waals surface area contributed by atoms with E-state index in [2.05, 4.69) is 52.7 Å². The largest absolute Gasteiger partial charge is 0.370 e. The molecule has 23 heteroatoms. The van der Waals surface area contributed by atoms with Gasteiger partial charge in [-0.3, -0.25) is 31.2 Å². The lowest BCUT2D eigenvalue weighted by molar-refractivity contribution is 0.0797. The van der Waals surface area contributed by atoms with Crippen molar-refractivity contribution in [3.63, 3.8) is 0 Å². The second kappa shape index (κ2) is 17.7. The fourth-order valence-electron chi connectivity index (χ4n) is 6.25. The number of carbonyl (C=O) groups excluding carboxylic acids is 2. The molecule has 1 aliphatic heterocycles. The first kappa shape index (κ1) is 43.1. The summed E-state index contributed by atoms with van der Waals surface area (Å²) in [5.41, 5.74) is 35.7. The molecule has 2 amide bonds. The first-order valence-electron chi connectivity index (χ1n) is 18.0. The van der Waals surface area contributed by atoms with Crippen LogP contribution in [0.1, 0.15) is 70.7 Å². The number of amides is 2. The smallest absolute Gasteiger partial charge is 0.258 e. The van der Waals surface area contributed by atoms with E-state index in [9.17, 15) is 18.4 Å². The quantitative estimate of drug-likeness (QED) is 0.0668. The van der Waals surface area contributed by atoms with Crippen LogP contribution in [-0.4, -0.2) is 77.5 Å². The van der Waals surface area contributed by atoms with Crippen LogP contribution in [0.5, 0.6) is 0 Å². The lowest BCUT2D eigenvalue weighted by atomic mass is 10.0. The Kier molecular flexibility index (Phi) is 12.7. The Hall–Kier alpha value is -7.98. The Morgan fingerprint density at radius 1 is 0.550 bits per heavy atom. The molecule has 314 valence electrons. The van der Waals surface area contributed by atoms with Crippen molar-refractivity contribution in [2.24, 2.45) is 55.2 Å². The number of guanidine groups is 4. The van der Waals surface area contributed by atoms with Crippen LogP contribution in [0.15, 0.2) is 75.0 Å². The molecule has 5 rings (SSSR count). The maximum absolute atomic E-state index is 14.3. The highest BCUT2D eigenvalue weighted by atomic mass is 19.3. The van der Waals surface area contributed by atoms with Crippen LogP contribution in [0.2, 0.25) is 0 Å². The number of halogens is 2. The third-order valence-corrected chi connectivity index (χ3v) is 9.44. The predicted octanol–water partition coefficient (Wildman–Crippen LogP) is 1.72. The summed E-state index contributed by atoms with van der Waals surface area (Å²) in [5, 5.41) is 51.9. The molecule has 0 spiro atoms. The number of hydrazone groups is 4. The summed E-state index contributed by atoms with van der Waals surface area (Å²) < 4.78 is 28.5. The summed E-state index contributed by atoms with van der Waals surface area (Å²) in [7, 11) is 0. The van der Waals surface area contributed by atoms with E-state index in [-0.39, 0.29) is 35.6 Å². The highest BCUT2D eigenvalue weighted by Gasteiger charge is 2.71. The van der Waals surface area contributed by atoms with E-state index in [1.165, 1.54) is 18.2 Å². The Labute approximate surface area is 342 Å². The molecule has 21 nitrogen and oxygen atoms in total. The molecule has 2 unspecified atom stereocenters. The number of hydrogen-bond donors (Lipinski definition) is 14. The highest BCUT2D eigenvalue weighted by Crippen LogP contribution is 2.59. The summed E-state index contributed by atoms with van der Waals surface area (Å²) >= 11 is 0. The van der Waals surface area contributed by atoms with Gasteiger partial charge in [-0.25, -0.2) is 30.5 Å². The maximum Gasteiger partial charge on any atom is 0.258 e. The maximum atomic E-state index is 14.3. The molecule has 1 saturated carbocycles. The minimum Gasteiger partial charge on any atom is -0.370 e. The average molecular weight is 826 g/mol. The van der Waals surface area contributed by atoms with Crippen molar-refractivity contribution in [3.05, 3.63) is 88.0 Å². The normalized spacial score (nSPS) is 17.2. The van der Waals surface area contributed by atoms with Crippen LogP contribution < -0.4 is 60.2 Å². The van der Waals surface area contributed by atoms with E-state index >= 15 is 0 Å². The standard InChI is InChI=1S/C37H45F2N19O2/c1-16(50-54-33(40)41)20-5-21(17(2)51-55-34(42)43)9-26(8-20)48-31(59)24-7-25(13-28(12-24)58-14-29-30(15-58)37(29,38)39)32(60)49-27-10-22(18(3)52-56-35(44)45)6-23(11-27)19(4)53-57-36(46)47/h5-13,29-30H,14-15H2,1-4H3,(H,48,59)(H,49,60)(H4,40,41,54)(H4,42,43,55)(H4,44,45,56)(H4,46,47,57)/b50-16-,51-17-,52-18-,53-19+. The minimum absolute atomic E-state index is 0.0280. The third-order valence-electron chi connectivity index (χ3n) is 9.44. The van der Waals surface area contributed by atoms with Crippen molar-refractivity contribution in [2.45, 2.75) is 33.6 Å². The SMILES string of the molecule is C/C(=N/NC(=N)N)c1cc(NC(=O)c2cc(C(=O)Nc3cc(/C(C)=N\NC(=N)N)cc(/C(C)=N/NC(=N)N)c3)cc(N3CC4C(C3)C4(F)F)c2)cc(/C(C)=N\NC(=N)N)c1. The molecule has 1 heterocycles. The second-order valence-corrected chi connectivity index (χ2v) is 14.0. The van der Waals surface area contributed by atoms with Crippen molar-refractivity contribution in [1.29, 1.82) is 21.6 Å².